The molecular weight excluding hydrogens is 313 g/mol. The topological polar surface area (TPSA) is 27.7 Å². The first-order valence-electron chi connectivity index (χ1n) is 7.32. The Kier molecular flexibility index (Phi) is 4.73. The zero-order valence-corrected chi connectivity index (χ0v) is 13.6. The van der Waals surface area contributed by atoms with Crippen molar-refractivity contribution in [2.24, 2.45) is 0 Å². The summed E-state index contributed by atoms with van der Waals surface area (Å²) < 4.78 is 18.3. The average Bonchev–Trinajstić information content (AvgIpc) is 2.58. The van der Waals surface area contributed by atoms with E-state index in [9.17, 15) is 4.39 Å². The number of thiocarbonyl (C=S) groups is 1. The Labute approximate surface area is 140 Å². The quantitative estimate of drug-likeness (QED) is 0.870. The molecule has 6 heteroatoms. The Hall–Kier alpha value is -2.18. The molecule has 1 N–H and O–H groups in total. The standard InChI is InChI=1S/C17H18FN3OS/c1-22-16-8-2-13(3-9-16)10-20-11-19-17(23)21(12-20)15-6-4-14(18)5-7-15/h2-9H,10-12H2,1H3,(H,19,23). The maximum Gasteiger partial charge on any atom is 0.175 e. The van der Waals surface area contributed by atoms with E-state index in [-0.39, 0.29) is 5.82 Å². The number of nitrogens with zero attached hydrogens (tertiary/aromatic N) is 2. The summed E-state index contributed by atoms with van der Waals surface area (Å²) in [5.41, 5.74) is 2.07. The van der Waals surface area contributed by atoms with Gasteiger partial charge in [-0.05, 0) is 54.2 Å². The lowest BCUT2D eigenvalue weighted by atomic mass is 10.2. The molecule has 0 unspecified atom stereocenters. The highest BCUT2D eigenvalue weighted by Gasteiger charge is 2.21. The van der Waals surface area contributed by atoms with Crippen LogP contribution in [0.5, 0.6) is 5.75 Å². The molecule has 0 saturated carbocycles. The smallest absolute Gasteiger partial charge is 0.175 e. The second-order valence-electron chi connectivity index (χ2n) is 5.36. The minimum atomic E-state index is -0.250. The highest BCUT2D eigenvalue weighted by Crippen LogP contribution is 2.19. The summed E-state index contributed by atoms with van der Waals surface area (Å²) >= 11 is 5.37. The molecule has 120 valence electrons. The van der Waals surface area contributed by atoms with Crippen LogP contribution in [0.2, 0.25) is 0 Å². The molecule has 23 heavy (non-hydrogen) atoms. The van der Waals surface area contributed by atoms with E-state index in [4.69, 9.17) is 17.0 Å². The van der Waals surface area contributed by atoms with Crippen molar-refractivity contribution >= 4 is 23.0 Å². The first-order chi connectivity index (χ1) is 11.2. The number of anilines is 1. The number of halogens is 1. The summed E-state index contributed by atoms with van der Waals surface area (Å²) in [6.45, 7) is 2.13. The Morgan fingerprint density at radius 1 is 1.13 bits per heavy atom. The zero-order valence-electron chi connectivity index (χ0n) is 12.8. The van der Waals surface area contributed by atoms with Gasteiger partial charge in [0.2, 0.25) is 0 Å². The molecule has 0 spiro atoms. The molecule has 1 aliphatic heterocycles. The Bertz CT molecular complexity index is 675. The Morgan fingerprint density at radius 3 is 2.48 bits per heavy atom. The molecule has 1 aliphatic rings. The minimum Gasteiger partial charge on any atom is -0.497 e. The SMILES string of the molecule is COc1ccc(CN2CNC(=S)N(c3ccc(F)cc3)C2)cc1. The fraction of sp³-hybridized carbons (Fsp3) is 0.235. The Balaban J connectivity index is 1.69. The molecule has 0 atom stereocenters. The van der Waals surface area contributed by atoms with Crippen LogP contribution in [0.3, 0.4) is 0 Å². The predicted molar refractivity (Wildman–Crippen MR) is 92.9 cm³/mol. The first-order valence-corrected chi connectivity index (χ1v) is 7.73. The largest absolute Gasteiger partial charge is 0.497 e. The third-order valence-corrected chi connectivity index (χ3v) is 4.11. The van der Waals surface area contributed by atoms with Crippen molar-refractivity contribution in [3.05, 3.63) is 59.9 Å². The van der Waals surface area contributed by atoms with Gasteiger partial charge in [0.05, 0.1) is 20.4 Å². The molecule has 1 fully saturated rings. The fourth-order valence-electron chi connectivity index (χ4n) is 2.50. The molecule has 0 aromatic heterocycles. The third-order valence-electron chi connectivity index (χ3n) is 3.74. The van der Waals surface area contributed by atoms with Crippen LogP contribution in [0, 0.1) is 5.82 Å². The van der Waals surface area contributed by atoms with E-state index in [1.165, 1.54) is 17.7 Å². The van der Waals surface area contributed by atoms with Gasteiger partial charge in [0.25, 0.3) is 0 Å². The molecule has 0 amide bonds. The Morgan fingerprint density at radius 2 is 1.83 bits per heavy atom. The van der Waals surface area contributed by atoms with Crippen molar-refractivity contribution in [3.8, 4) is 5.75 Å². The summed E-state index contributed by atoms with van der Waals surface area (Å²) in [5, 5.41) is 3.86. The normalized spacial score (nSPS) is 15.4. The summed E-state index contributed by atoms with van der Waals surface area (Å²) in [6, 6.07) is 14.4. The van der Waals surface area contributed by atoms with Crippen molar-refractivity contribution in [3.63, 3.8) is 0 Å². The van der Waals surface area contributed by atoms with Crippen molar-refractivity contribution in [2.45, 2.75) is 6.54 Å². The maximum atomic E-state index is 13.1. The number of benzene rings is 2. The van der Waals surface area contributed by atoms with Crippen molar-refractivity contribution < 1.29 is 9.13 Å². The lowest BCUT2D eigenvalue weighted by Crippen LogP contribution is -2.55. The number of ether oxygens (including phenoxy) is 1. The predicted octanol–water partition coefficient (Wildman–Crippen LogP) is 2.95. The van der Waals surface area contributed by atoms with E-state index in [1.54, 1.807) is 19.2 Å². The van der Waals surface area contributed by atoms with Crippen molar-refractivity contribution in [2.75, 3.05) is 25.3 Å². The van der Waals surface area contributed by atoms with E-state index in [2.05, 4.69) is 10.2 Å². The van der Waals surface area contributed by atoms with Gasteiger partial charge in [-0.3, -0.25) is 4.90 Å². The van der Waals surface area contributed by atoms with E-state index >= 15 is 0 Å². The lowest BCUT2D eigenvalue weighted by molar-refractivity contribution is 0.252. The number of rotatable bonds is 4. The van der Waals surface area contributed by atoms with Gasteiger partial charge in [-0.2, -0.15) is 0 Å². The summed E-state index contributed by atoms with van der Waals surface area (Å²) in [4.78, 5) is 4.18. The number of hydrogen-bond acceptors (Lipinski definition) is 3. The van der Waals surface area contributed by atoms with Crippen molar-refractivity contribution in [1.29, 1.82) is 0 Å². The van der Waals surface area contributed by atoms with Gasteiger partial charge in [0.1, 0.15) is 11.6 Å². The highest BCUT2D eigenvalue weighted by atomic mass is 32.1. The molecule has 4 nitrogen and oxygen atoms in total. The molecular formula is C17H18FN3OS. The van der Waals surface area contributed by atoms with Crippen LogP contribution < -0.4 is 15.0 Å². The summed E-state index contributed by atoms with van der Waals surface area (Å²) in [6.07, 6.45) is 0. The van der Waals surface area contributed by atoms with Gasteiger partial charge >= 0.3 is 0 Å². The van der Waals surface area contributed by atoms with Crippen LogP contribution in [0.4, 0.5) is 10.1 Å². The van der Waals surface area contributed by atoms with Gasteiger partial charge in [0, 0.05) is 12.2 Å². The molecule has 0 aliphatic carbocycles. The molecule has 3 rings (SSSR count). The van der Waals surface area contributed by atoms with Gasteiger partial charge in [0.15, 0.2) is 5.11 Å². The second kappa shape index (κ2) is 6.93. The van der Waals surface area contributed by atoms with Gasteiger partial charge in [-0.25, -0.2) is 4.39 Å². The van der Waals surface area contributed by atoms with E-state index < -0.39 is 0 Å². The van der Waals surface area contributed by atoms with Gasteiger partial charge < -0.3 is 15.0 Å². The van der Waals surface area contributed by atoms with E-state index in [1.807, 2.05) is 29.2 Å². The lowest BCUT2D eigenvalue weighted by Gasteiger charge is -2.38. The van der Waals surface area contributed by atoms with Crippen LogP contribution in [0.1, 0.15) is 5.56 Å². The van der Waals surface area contributed by atoms with Gasteiger partial charge in [-0.15, -0.1) is 0 Å². The summed E-state index contributed by atoms with van der Waals surface area (Å²) in [7, 11) is 1.66. The monoisotopic (exact) mass is 331 g/mol. The molecule has 0 radical (unpaired) electrons. The third kappa shape index (κ3) is 3.78. The van der Waals surface area contributed by atoms with Gasteiger partial charge in [-0.1, -0.05) is 12.1 Å². The van der Waals surface area contributed by atoms with E-state index in [0.717, 1.165) is 18.0 Å². The van der Waals surface area contributed by atoms with Crippen LogP contribution >= 0.6 is 12.2 Å². The molecule has 1 saturated heterocycles. The maximum absolute atomic E-state index is 13.1. The minimum absolute atomic E-state index is 0.250. The molecule has 0 bridgehead atoms. The fourth-order valence-corrected chi connectivity index (χ4v) is 2.73. The molecule has 1 heterocycles. The second-order valence-corrected chi connectivity index (χ2v) is 5.75. The summed E-state index contributed by atoms with van der Waals surface area (Å²) in [5.74, 6) is 0.597. The first kappa shape index (κ1) is 15.7. The number of methoxy groups -OCH3 is 1. The zero-order chi connectivity index (χ0) is 16.2. The average molecular weight is 331 g/mol. The van der Waals surface area contributed by atoms with Crippen molar-refractivity contribution in [1.82, 2.24) is 10.2 Å². The van der Waals surface area contributed by atoms with E-state index in [0.29, 0.717) is 18.4 Å². The van der Waals surface area contributed by atoms with Crippen LogP contribution in [0.25, 0.3) is 0 Å². The molecule has 2 aromatic rings. The van der Waals surface area contributed by atoms with Crippen LogP contribution in [0.15, 0.2) is 48.5 Å². The highest BCUT2D eigenvalue weighted by molar-refractivity contribution is 7.80. The van der Waals surface area contributed by atoms with Crippen LogP contribution in [-0.2, 0) is 6.54 Å². The molecule has 2 aromatic carbocycles. The number of hydrogen-bond donors (Lipinski definition) is 1. The number of nitrogens with one attached hydrogen (secondary N) is 1. The van der Waals surface area contributed by atoms with Crippen LogP contribution in [-0.4, -0.2) is 30.5 Å².